The zero-order chi connectivity index (χ0) is 10.1. The molecule has 0 spiro atoms. The molecule has 15 heavy (non-hydrogen) atoms. The number of nitrogens with zero attached hydrogens (tertiary/aromatic N) is 3. The summed E-state index contributed by atoms with van der Waals surface area (Å²) in [4.78, 5) is 11.1. The van der Waals surface area contributed by atoms with E-state index in [-0.39, 0.29) is 0 Å². The molecule has 0 aromatic carbocycles. The van der Waals surface area contributed by atoms with Crippen molar-refractivity contribution in [1.82, 2.24) is 20.1 Å². The van der Waals surface area contributed by atoms with Gasteiger partial charge < -0.3 is 13.9 Å². The van der Waals surface area contributed by atoms with E-state index >= 15 is 0 Å². The molecule has 74 valence electrons. The molecule has 0 saturated carbocycles. The monoisotopic (exact) mass is 202 g/mol. The summed E-state index contributed by atoms with van der Waals surface area (Å²) in [6, 6.07) is 1.72. The first-order valence-electron chi connectivity index (χ1n) is 4.29. The van der Waals surface area contributed by atoms with Crippen molar-refractivity contribution in [2.45, 2.75) is 0 Å². The van der Waals surface area contributed by atoms with Crippen molar-refractivity contribution in [3.05, 3.63) is 31.1 Å². The molecule has 0 radical (unpaired) electrons. The Morgan fingerprint density at radius 1 is 1.20 bits per heavy atom. The highest BCUT2D eigenvalue weighted by atomic mass is 16.5. The number of aromatic nitrogens is 4. The number of aromatic amines is 1. The Morgan fingerprint density at radius 3 is 2.93 bits per heavy atom. The fourth-order valence-corrected chi connectivity index (χ4v) is 1.33. The zero-order valence-electron chi connectivity index (χ0n) is 7.54. The molecular formula is C9H6N4O2. The molecule has 0 aliphatic rings. The summed E-state index contributed by atoms with van der Waals surface area (Å²) in [7, 11) is 0. The van der Waals surface area contributed by atoms with Crippen LogP contribution < -0.4 is 0 Å². The average molecular weight is 202 g/mol. The van der Waals surface area contributed by atoms with Gasteiger partial charge in [-0.2, -0.15) is 0 Å². The Balaban J connectivity index is 2.15. The second-order valence-corrected chi connectivity index (χ2v) is 2.85. The lowest BCUT2D eigenvalue weighted by atomic mass is 10.2. The van der Waals surface area contributed by atoms with Crippen molar-refractivity contribution < 1.29 is 8.94 Å². The summed E-state index contributed by atoms with van der Waals surface area (Å²) in [6.45, 7) is 0. The van der Waals surface area contributed by atoms with Crippen molar-refractivity contribution in [2.75, 3.05) is 0 Å². The van der Waals surface area contributed by atoms with Crippen LogP contribution in [0.25, 0.3) is 23.0 Å². The van der Waals surface area contributed by atoms with Crippen LogP contribution in [0.15, 0.2) is 40.1 Å². The lowest BCUT2D eigenvalue weighted by Gasteiger charge is -1.92. The van der Waals surface area contributed by atoms with E-state index in [4.69, 9.17) is 8.94 Å². The van der Waals surface area contributed by atoms with Gasteiger partial charge >= 0.3 is 0 Å². The Morgan fingerprint density at radius 2 is 2.20 bits per heavy atom. The maximum atomic E-state index is 5.18. The number of oxazole rings is 1. The van der Waals surface area contributed by atoms with Crippen molar-refractivity contribution in [1.29, 1.82) is 0 Å². The second-order valence-electron chi connectivity index (χ2n) is 2.85. The molecule has 0 saturated heterocycles. The predicted octanol–water partition coefficient (Wildman–Crippen LogP) is 1.72. The van der Waals surface area contributed by atoms with Crippen LogP contribution >= 0.6 is 0 Å². The minimum atomic E-state index is 0.477. The van der Waals surface area contributed by atoms with Crippen LogP contribution in [0.1, 0.15) is 0 Å². The molecule has 3 heterocycles. The number of H-pyrrole nitrogens is 1. The molecule has 3 rings (SSSR count). The number of hydrogen-bond donors (Lipinski definition) is 1. The van der Waals surface area contributed by atoms with E-state index in [1.54, 1.807) is 18.6 Å². The highest BCUT2D eigenvalue weighted by Gasteiger charge is 2.15. The first-order chi connectivity index (χ1) is 7.45. The topological polar surface area (TPSA) is 80.7 Å². The van der Waals surface area contributed by atoms with E-state index in [0.717, 1.165) is 0 Å². The fraction of sp³-hybridized carbons (Fsp3) is 0. The van der Waals surface area contributed by atoms with Crippen molar-refractivity contribution in [3.63, 3.8) is 0 Å². The van der Waals surface area contributed by atoms with E-state index in [1.165, 1.54) is 12.5 Å². The Bertz CT molecular complexity index is 490. The van der Waals surface area contributed by atoms with Crippen molar-refractivity contribution in [2.24, 2.45) is 0 Å². The number of nitrogens with one attached hydrogen (secondary N) is 1. The maximum Gasteiger partial charge on any atom is 0.245 e. The number of rotatable bonds is 2. The molecule has 3 aromatic rings. The third kappa shape index (κ3) is 1.23. The van der Waals surface area contributed by atoms with Crippen molar-refractivity contribution >= 4 is 0 Å². The summed E-state index contributed by atoms with van der Waals surface area (Å²) >= 11 is 0. The van der Waals surface area contributed by atoms with Crippen LogP contribution in [0.2, 0.25) is 0 Å². The Labute approximate surface area is 84.0 Å². The van der Waals surface area contributed by atoms with Gasteiger partial charge in [0.25, 0.3) is 0 Å². The molecule has 0 unspecified atom stereocenters. The molecule has 0 aliphatic heterocycles. The van der Waals surface area contributed by atoms with Gasteiger partial charge in [0.2, 0.25) is 5.89 Å². The van der Waals surface area contributed by atoms with Gasteiger partial charge in [0.05, 0.1) is 12.5 Å². The van der Waals surface area contributed by atoms with E-state index in [1.807, 2.05) is 0 Å². The summed E-state index contributed by atoms with van der Waals surface area (Å²) in [5, 5.41) is 3.80. The first-order valence-corrected chi connectivity index (χ1v) is 4.29. The minimum Gasteiger partial charge on any atom is -0.443 e. The molecule has 0 fully saturated rings. The largest absolute Gasteiger partial charge is 0.443 e. The van der Waals surface area contributed by atoms with Gasteiger partial charge in [-0.1, -0.05) is 5.16 Å². The SMILES string of the molecule is c1coc(-c2[nH]cnc2-c2ccon2)n1. The van der Waals surface area contributed by atoms with Crippen LogP contribution in [0, 0.1) is 0 Å². The standard InChI is InChI=1S/C9H6N4O2/c1-3-15-13-6(1)7-8(12-5-11-7)9-10-2-4-14-9/h1-5H,(H,11,12). The lowest BCUT2D eigenvalue weighted by Crippen LogP contribution is -1.83. The van der Waals surface area contributed by atoms with Gasteiger partial charge in [-0.3, -0.25) is 0 Å². The summed E-state index contributed by atoms with van der Waals surface area (Å²) in [6.07, 6.45) is 6.12. The third-order valence-electron chi connectivity index (χ3n) is 1.97. The average Bonchev–Trinajstić information content (AvgIpc) is 3.01. The normalized spacial score (nSPS) is 10.7. The molecule has 1 N–H and O–H groups in total. The van der Waals surface area contributed by atoms with Crippen LogP contribution in [0.4, 0.5) is 0 Å². The van der Waals surface area contributed by atoms with Gasteiger partial charge in [-0.15, -0.1) is 0 Å². The highest BCUT2D eigenvalue weighted by molar-refractivity contribution is 5.70. The lowest BCUT2D eigenvalue weighted by molar-refractivity contribution is 0.422. The fourth-order valence-electron chi connectivity index (χ4n) is 1.33. The Kier molecular flexibility index (Phi) is 1.64. The van der Waals surface area contributed by atoms with E-state index < -0.39 is 0 Å². The predicted molar refractivity (Wildman–Crippen MR) is 49.6 cm³/mol. The quantitative estimate of drug-likeness (QED) is 0.684. The Hall–Kier alpha value is -2.37. The molecule has 0 amide bonds. The third-order valence-corrected chi connectivity index (χ3v) is 1.97. The van der Waals surface area contributed by atoms with E-state index in [9.17, 15) is 0 Å². The molecule has 0 atom stereocenters. The molecular weight excluding hydrogens is 196 g/mol. The van der Waals surface area contributed by atoms with Gasteiger partial charge in [0.15, 0.2) is 0 Å². The molecule has 3 aromatic heterocycles. The highest BCUT2D eigenvalue weighted by Crippen LogP contribution is 2.26. The second kappa shape index (κ2) is 3.09. The summed E-state index contributed by atoms with van der Waals surface area (Å²) < 4.78 is 9.93. The van der Waals surface area contributed by atoms with Gasteiger partial charge in [-0.25, -0.2) is 9.97 Å². The smallest absolute Gasteiger partial charge is 0.245 e. The van der Waals surface area contributed by atoms with Gasteiger partial charge in [0.1, 0.15) is 29.6 Å². The van der Waals surface area contributed by atoms with E-state index in [2.05, 4.69) is 20.1 Å². The van der Waals surface area contributed by atoms with E-state index in [0.29, 0.717) is 23.0 Å². The first kappa shape index (κ1) is 7.98. The minimum absolute atomic E-state index is 0.477. The van der Waals surface area contributed by atoms with Gasteiger partial charge in [-0.05, 0) is 0 Å². The van der Waals surface area contributed by atoms with Crippen LogP contribution in [0.5, 0.6) is 0 Å². The molecule has 0 bridgehead atoms. The summed E-state index contributed by atoms with van der Waals surface area (Å²) in [5.41, 5.74) is 1.99. The van der Waals surface area contributed by atoms with Crippen molar-refractivity contribution in [3.8, 4) is 23.0 Å². The van der Waals surface area contributed by atoms with Crippen LogP contribution in [-0.4, -0.2) is 20.1 Å². The maximum absolute atomic E-state index is 5.18. The summed E-state index contributed by atoms with van der Waals surface area (Å²) in [5.74, 6) is 0.477. The molecule has 6 heteroatoms. The number of imidazole rings is 1. The van der Waals surface area contributed by atoms with Crippen LogP contribution in [0.3, 0.4) is 0 Å². The van der Waals surface area contributed by atoms with Gasteiger partial charge in [0, 0.05) is 6.07 Å². The van der Waals surface area contributed by atoms with Crippen LogP contribution in [-0.2, 0) is 0 Å². The number of hydrogen-bond acceptors (Lipinski definition) is 5. The molecule has 0 aliphatic carbocycles. The molecule has 6 nitrogen and oxygen atoms in total. The zero-order valence-corrected chi connectivity index (χ0v) is 7.54.